The third kappa shape index (κ3) is 5.28. The summed E-state index contributed by atoms with van der Waals surface area (Å²) in [6, 6.07) is 9.27. The number of pyridine rings is 1. The SMILES string of the molecule is CCCCc1nc(O)c(C(=O)N2CCC(c3ncc(F)cc3F)C2)c(=O)n1[C@H](CC)c1cccc(C#N)c1. The molecule has 1 amide bonds. The summed E-state index contributed by atoms with van der Waals surface area (Å²) in [5, 5.41) is 20.1. The number of unbranched alkanes of at least 4 members (excludes halogenated alkanes) is 1. The Kier molecular flexibility index (Phi) is 8.15. The molecule has 0 saturated carbocycles. The van der Waals surface area contributed by atoms with Crippen LogP contribution in [-0.4, -0.2) is 43.5 Å². The maximum Gasteiger partial charge on any atom is 0.270 e. The van der Waals surface area contributed by atoms with E-state index in [4.69, 9.17) is 0 Å². The van der Waals surface area contributed by atoms with Crippen LogP contribution in [0.3, 0.4) is 0 Å². The molecule has 3 heterocycles. The van der Waals surface area contributed by atoms with Gasteiger partial charge < -0.3 is 10.0 Å². The van der Waals surface area contributed by atoms with Gasteiger partial charge in [0.15, 0.2) is 5.56 Å². The van der Waals surface area contributed by atoms with Gasteiger partial charge in [-0.25, -0.2) is 8.78 Å². The normalized spacial score (nSPS) is 15.9. The van der Waals surface area contributed by atoms with Gasteiger partial charge in [0.2, 0.25) is 5.88 Å². The number of rotatable bonds is 8. The van der Waals surface area contributed by atoms with Crippen molar-refractivity contribution >= 4 is 5.91 Å². The van der Waals surface area contributed by atoms with Crippen molar-refractivity contribution in [1.82, 2.24) is 19.4 Å². The summed E-state index contributed by atoms with van der Waals surface area (Å²) in [5.41, 5.74) is 0.0961. The van der Waals surface area contributed by atoms with E-state index in [0.717, 1.165) is 30.7 Å². The van der Waals surface area contributed by atoms with Crippen LogP contribution < -0.4 is 5.56 Å². The molecule has 1 unspecified atom stereocenters. The smallest absolute Gasteiger partial charge is 0.270 e. The molecule has 0 spiro atoms. The fourth-order valence-corrected chi connectivity index (χ4v) is 5.02. The van der Waals surface area contributed by atoms with E-state index in [0.29, 0.717) is 30.7 Å². The topological polar surface area (TPSA) is 112 Å². The van der Waals surface area contributed by atoms with E-state index in [1.54, 1.807) is 18.2 Å². The summed E-state index contributed by atoms with van der Waals surface area (Å²) in [7, 11) is 0. The predicted molar refractivity (Wildman–Crippen MR) is 136 cm³/mol. The quantitative estimate of drug-likeness (QED) is 0.468. The van der Waals surface area contributed by atoms with Crippen molar-refractivity contribution in [3.63, 3.8) is 0 Å². The van der Waals surface area contributed by atoms with Crippen LogP contribution in [0, 0.1) is 23.0 Å². The Balaban J connectivity index is 1.74. The Labute approximate surface area is 219 Å². The van der Waals surface area contributed by atoms with Gasteiger partial charge in [0, 0.05) is 31.5 Å². The average Bonchev–Trinajstić information content (AvgIpc) is 3.39. The highest BCUT2D eigenvalue weighted by Crippen LogP contribution is 2.30. The van der Waals surface area contributed by atoms with Crippen molar-refractivity contribution in [3.05, 3.63) is 86.7 Å². The zero-order chi connectivity index (χ0) is 27.4. The maximum atomic E-state index is 14.3. The number of hydrogen-bond donors (Lipinski definition) is 1. The van der Waals surface area contributed by atoms with Crippen LogP contribution in [0.25, 0.3) is 0 Å². The van der Waals surface area contributed by atoms with Gasteiger partial charge in [0.25, 0.3) is 11.5 Å². The van der Waals surface area contributed by atoms with Gasteiger partial charge in [-0.05, 0) is 37.0 Å². The summed E-state index contributed by atoms with van der Waals surface area (Å²) in [6.07, 6.45) is 3.76. The van der Waals surface area contributed by atoms with Crippen LogP contribution in [0.15, 0.2) is 41.3 Å². The van der Waals surface area contributed by atoms with Crippen molar-refractivity contribution in [1.29, 1.82) is 5.26 Å². The van der Waals surface area contributed by atoms with Crippen molar-refractivity contribution < 1.29 is 18.7 Å². The minimum absolute atomic E-state index is 0.0554. The number of nitriles is 1. The Morgan fingerprint density at radius 1 is 1.29 bits per heavy atom. The highest BCUT2D eigenvalue weighted by Gasteiger charge is 2.35. The minimum Gasteiger partial charge on any atom is -0.493 e. The third-order valence-corrected chi connectivity index (χ3v) is 6.93. The van der Waals surface area contributed by atoms with E-state index in [9.17, 15) is 28.7 Å². The number of aromatic nitrogens is 3. The van der Waals surface area contributed by atoms with Crippen molar-refractivity contribution in [2.24, 2.45) is 0 Å². The van der Waals surface area contributed by atoms with E-state index >= 15 is 0 Å². The molecule has 1 saturated heterocycles. The van der Waals surface area contributed by atoms with Crippen molar-refractivity contribution in [2.75, 3.05) is 13.1 Å². The molecule has 0 radical (unpaired) electrons. The van der Waals surface area contributed by atoms with E-state index < -0.39 is 46.5 Å². The fraction of sp³-hybridized carbons (Fsp3) is 0.393. The van der Waals surface area contributed by atoms with Gasteiger partial charge >= 0.3 is 0 Å². The number of likely N-dealkylation sites (tertiary alicyclic amines) is 1. The second-order valence-electron chi connectivity index (χ2n) is 9.42. The number of carbonyl (C=O) groups is 1. The molecule has 1 aliphatic rings. The fourth-order valence-electron chi connectivity index (χ4n) is 5.02. The molecule has 0 bridgehead atoms. The molecular formula is C28H29F2N5O3. The third-order valence-electron chi connectivity index (χ3n) is 6.93. The first-order valence-corrected chi connectivity index (χ1v) is 12.7. The first kappa shape index (κ1) is 26.9. The number of carbonyl (C=O) groups excluding carboxylic acids is 1. The molecular weight excluding hydrogens is 492 g/mol. The summed E-state index contributed by atoms with van der Waals surface area (Å²) < 4.78 is 29.0. The molecule has 0 aliphatic carbocycles. The number of benzene rings is 1. The monoisotopic (exact) mass is 521 g/mol. The van der Waals surface area contributed by atoms with E-state index in [2.05, 4.69) is 16.0 Å². The first-order valence-electron chi connectivity index (χ1n) is 12.7. The lowest BCUT2D eigenvalue weighted by atomic mass is 10.0. The average molecular weight is 522 g/mol. The van der Waals surface area contributed by atoms with Crippen LogP contribution in [0.5, 0.6) is 5.88 Å². The summed E-state index contributed by atoms with van der Waals surface area (Å²) in [5.74, 6) is -3.04. The number of hydrogen-bond acceptors (Lipinski definition) is 6. The number of nitrogens with zero attached hydrogens (tertiary/aromatic N) is 5. The zero-order valence-corrected chi connectivity index (χ0v) is 21.3. The Bertz CT molecular complexity index is 1450. The lowest BCUT2D eigenvalue weighted by Gasteiger charge is -2.24. The molecule has 10 heteroatoms. The van der Waals surface area contributed by atoms with E-state index in [1.807, 2.05) is 19.9 Å². The number of amides is 1. The lowest BCUT2D eigenvalue weighted by Crippen LogP contribution is -2.38. The highest BCUT2D eigenvalue weighted by molar-refractivity contribution is 5.96. The molecule has 38 heavy (non-hydrogen) atoms. The molecule has 1 aliphatic heterocycles. The predicted octanol–water partition coefficient (Wildman–Crippen LogP) is 4.47. The van der Waals surface area contributed by atoms with Gasteiger partial charge in [-0.15, -0.1) is 0 Å². The second-order valence-corrected chi connectivity index (χ2v) is 9.42. The van der Waals surface area contributed by atoms with Crippen LogP contribution in [0.2, 0.25) is 0 Å². The van der Waals surface area contributed by atoms with Gasteiger partial charge in [-0.1, -0.05) is 32.4 Å². The lowest BCUT2D eigenvalue weighted by molar-refractivity contribution is 0.0783. The van der Waals surface area contributed by atoms with Gasteiger partial charge in [0.05, 0.1) is 29.6 Å². The molecule has 1 N–H and O–H groups in total. The summed E-state index contributed by atoms with van der Waals surface area (Å²) in [4.78, 5) is 36.9. The van der Waals surface area contributed by atoms with Gasteiger partial charge in [-0.2, -0.15) is 10.2 Å². The molecule has 3 aromatic rings. The molecule has 1 aromatic carbocycles. The highest BCUT2D eigenvalue weighted by atomic mass is 19.1. The maximum absolute atomic E-state index is 14.3. The number of halogens is 2. The summed E-state index contributed by atoms with van der Waals surface area (Å²) >= 11 is 0. The number of aromatic hydroxyl groups is 1. The largest absolute Gasteiger partial charge is 0.493 e. The number of aryl methyl sites for hydroxylation is 1. The molecule has 1 fully saturated rings. The van der Waals surface area contributed by atoms with Gasteiger partial charge in [0.1, 0.15) is 17.5 Å². The van der Waals surface area contributed by atoms with Gasteiger partial charge in [-0.3, -0.25) is 19.1 Å². The van der Waals surface area contributed by atoms with Crippen LogP contribution >= 0.6 is 0 Å². The van der Waals surface area contributed by atoms with Crippen molar-refractivity contribution in [2.45, 2.75) is 57.9 Å². The molecule has 2 atom stereocenters. The second kappa shape index (κ2) is 11.5. The van der Waals surface area contributed by atoms with Crippen LogP contribution in [0.4, 0.5) is 8.78 Å². The van der Waals surface area contributed by atoms with Crippen LogP contribution in [-0.2, 0) is 6.42 Å². The Morgan fingerprint density at radius 3 is 2.76 bits per heavy atom. The molecule has 8 nitrogen and oxygen atoms in total. The Morgan fingerprint density at radius 2 is 2.08 bits per heavy atom. The zero-order valence-electron chi connectivity index (χ0n) is 21.3. The standard InChI is InChI=1S/C28H29F2N5O3/c1-3-5-9-23-33-26(36)24(28(38)35(23)22(4-2)18-8-6-7-17(12-18)14-31)27(37)34-11-10-19(16-34)25-21(30)13-20(29)15-32-25/h6-8,12-13,15,19,22,36H,3-5,9-11,16H2,1-2H3/t19?,22-/m1/s1. The van der Waals surface area contributed by atoms with E-state index in [1.165, 1.54) is 9.47 Å². The van der Waals surface area contributed by atoms with Crippen LogP contribution in [0.1, 0.15) is 84.5 Å². The summed E-state index contributed by atoms with van der Waals surface area (Å²) in [6.45, 7) is 4.16. The molecule has 2 aromatic heterocycles. The first-order chi connectivity index (χ1) is 18.3. The molecule has 4 rings (SSSR count). The minimum atomic E-state index is -0.790. The van der Waals surface area contributed by atoms with Crippen molar-refractivity contribution in [3.8, 4) is 11.9 Å². The van der Waals surface area contributed by atoms with E-state index in [-0.39, 0.29) is 18.8 Å². The molecule has 198 valence electrons. The Hall–Kier alpha value is -4.13.